The summed E-state index contributed by atoms with van der Waals surface area (Å²) in [6.45, 7) is 3.91. The van der Waals surface area contributed by atoms with Gasteiger partial charge in [-0.3, -0.25) is 4.79 Å². The highest BCUT2D eigenvalue weighted by Crippen LogP contribution is 2.11. The number of carbonyl (C=O) groups excluding carboxylic acids is 2. The Morgan fingerprint density at radius 3 is 2.29 bits per heavy atom. The summed E-state index contributed by atoms with van der Waals surface area (Å²) in [5.41, 5.74) is 0.192. The van der Waals surface area contributed by atoms with Crippen molar-refractivity contribution in [1.82, 2.24) is 5.32 Å². The number of carbonyl (C=O) groups is 2. The lowest BCUT2D eigenvalue weighted by Crippen LogP contribution is -2.36. The molecule has 7 heteroatoms. The Hall–Kier alpha value is -1.89. The maximum atomic E-state index is 11.8. The van der Waals surface area contributed by atoms with Crippen LogP contribution in [0, 0.1) is 0 Å². The van der Waals surface area contributed by atoms with Gasteiger partial charge >= 0.3 is 5.97 Å². The number of benzene rings is 1. The van der Waals surface area contributed by atoms with Crippen LogP contribution in [0.3, 0.4) is 0 Å². The molecule has 116 valence electrons. The first-order chi connectivity index (χ1) is 9.75. The molecule has 0 fully saturated rings. The molecule has 0 spiro atoms. The van der Waals surface area contributed by atoms with Gasteiger partial charge in [-0.25, -0.2) is 13.2 Å². The molecular weight excluding hydrogens is 294 g/mol. The predicted octanol–water partition coefficient (Wildman–Crippen LogP) is 1.16. The third-order valence-corrected chi connectivity index (χ3v) is 3.85. The molecule has 0 radical (unpaired) electrons. The zero-order chi connectivity index (χ0) is 16.0. The molecule has 0 aliphatic rings. The van der Waals surface area contributed by atoms with E-state index in [4.69, 9.17) is 4.74 Å². The van der Waals surface area contributed by atoms with Crippen LogP contribution in [-0.2, 0) is 19.4 Å². The van der Waals surface area contributed by atoms with Crippen molar-refractivity contribution in [2.75, 3.05) is 12.8 Å². The minimum absolute atomic E-state index is 0.118. The zero-order valence-electron chi connectivity index (χ0n) is 12.3. The second-order valence-corrected chi connectivity index (χ2v) is 6.65. The third-order valence-electron chi connectivity index (χ3n) is 2.72. The summed E-state index contributed by atoms with van der Waals surface area (Å²) in [6, 6.07) is 5.37. The number of amides is 1. The molecule has 1 N–H and O–H groups in total. The third kappa shape index (κ3) is 5.18. The van der Waals surface area contributed by atoms with Gasteiger partial charge in [0, 0.05) is 12.8 Å². The van der Waals surface area contributed by atoms with Gasteiger partial charge < -0.3 is 10.1 Å². The molecule has 0 aliphatic heterocycles. The van der Waals surface area contributed by atoms with Crippen LogP contribution in [0.1, 0.15) is 30.6 Å². The highest BCUT2D eigenvalue weighted by molar-refractivity contribution is 7.90. The summed E-state index contributed by atoms with van der Waals surface area (Å²) in [5.74, 6) is -1.04. The van der Waals surface area contributed by atoms with Crippen LogP contribution in [-0.4, -0.2) is 39.2 Å². The summed E-state index contributed by atoms with van der Waals surface area (Å²) in [4.78, 5) is 23.5. The highest BCUT2D eigenvalue weighted by atomic mass is 32.2. The number of hydrogen-bond acceptors (Lipinski definition) is 5. The van der Waals surface area contributed by atoms with Crippen LogP contribution in [0.25, 0.3) is 0 Å². The molecule has 6 nitrogen and oxygen atoms in total. The first-order valence-electron chi connectivity index (χ1n) is 6.54. The smallest absolute Gasteiger partial charge is 0.338 e. The van der Waals surface area contributed by atoms with Gasteiger partial charge in [0.15, 0.2) is 15.9 Å². The standard InChI is InChI=1S/C14H19NO5S/c1-4-9-15-13(16)10(2)20-14(17)11-5-7-12(8-6-11)21(3,18)19/h5-8,10H,4,9H2,1-3H3,(H,15,16). The second-order valence-electron chi connectivity index (χ2n) is 4.64. The van der Waals surface area contributed by atoms with E-state index in [2.05, 4.69) is 5.32 Å². The van der Waals surface area contributed by atoms with Crippen LogP contribution >= 0.6 is 0 Å². The van der Waals surface area contributed by atoms with Crippen molar-refractivity contribution in [2.24, 2.45) is 0 Å². The van der Waals surface area contributed by atoms with E-state index in [1.807, 2.05) is 6.92 Å². The molecular formula is C14H19NO5S. The summed E-state index contributed by atoms with van der Waals surface area (Å²) in [7, 11) is -3.31. The fraction of sp³-hybridized carbons (Fsp3) is 0.429. The van der Waals surface area contributed by atoms with Crippen molar-refractivity contribution in [3.05, 3.63) is 29.8 Å². The lowest BCUT2D eigenvalue weighted by atomic mass is 10.2. The Morgan fingerprint density at radius 1 is 1.24 bits per heavy atom. The van der Waals surface area contributed by atoms with E-state index >= 15 is 0 Å². The largest absolute Gasteiger partial charge is 0.449 e. The Bertz CT molecular complexity index is 607. The minimum Gasteiger partial charge on any atom is -0.449 e. The van der Waals surface area contributed by atoms with Crippen molar-refractivity contribution in [3.8, 4) is 0 Å². The van der Waals surface area contributed by atoms with Gasteiger partial charge in [0.1, 0.15) is 0 Å². The molecule has 0 bridgehead atoms. The normalized spacial score (nSPS) is 12.5. The van der Waals surface area contributed by atoms with Crippen molar-refractivity contribution in [1.29, 1.82) is 0 Å². The van der Waals surface area contributed by atoms with E-state index in [-0.39, 0.29) is 16.4 Å². The topological polar surface area (TPSA) is 89.5 Å². The Morgan fingerprint density at radius 2 is 1.81 bits per heavy atom. The number of hydrogen-bond donors (Lipinski definition) is 1. The molecule has 21 heavy (non-hydrogen) atoms. The molecule has 1 aromatic rings. The van der Waals surface area contributed by atoms with Gasteiger partial charge in [0.05, 0.1) is 10.5 Å². The van der Waals surface area contributed by atoms with E-state index in [9.17, 15) is 18.0 Å². The second kappa shape index (κ2) is 7.21. The van der Waals surface area contributed by atoms with Crippen LogP contribution in [0.4, 0.5) is 0 Å². The molecule has 0 aliphatic carbocycles. The fourth-order valence-corrected chi connectivity index (χ4v) is 2.14. The summed E-state index contributed by atoms with van der Waals surface area (Å²) >= 11 is 0. The Labute approximate surface area is 124 Å². The molecule has 1 atom stereocenters. The van der Waals surface area contributed by atoms with E-state index < -0.39 is 21.9 Å². The summed E-state index contributed by atoms with van der Waals surface area (Å²) in [6.07, 6.45) is 0.971. The zero-order valence-corrected chi connectivity index (χ0v) is 13.1. The maximum absolute atomic E-state index is 11.8. The van der Waals surface area contributed by atoms with Crippen LogP contribution in [0.5, 0.6) is 0 Å². The van der Waals surface area contributed by atoms with Crippen LogP contribution in [0.15, 0.2) is 29.2 Å². The molecule has 0 aromatic heterocycles. The molecule has 1 amide bonds. The lowest BCUT2D eigenvalue weighted by molar-refractivity contribution is -0.129. The molecule has 0 heterocycles. The van der Waals surface area contributed by atoms with Crippen molar-refractivity contribution in [3.63, 3.8) is 0 Å². The van der Waals surface area contributed by atoms with Gasteiger partial charge in [-0.05, 0) is 37.6 Å². The van der Waals surface area contributed by atoms with E-state index in [0.717, 1.165) is 12.7 Å². The monoisotopic (exact) mass is 313 g/mol. The van der Waals surface area contributed by atoms with Gasteiger partial charge in [0.25, 0.3) is 5.91 Å². The molecule has 0 saturated heterocycles. The average molecular weight is 313 g/mol. The molecule has 0 saturated carbocycles. The molecule has 1 aromatic carbocycles. The number of nitrogens with one attached hydrogen (secondary N) is 1. The predicted molar refractivity (Wildman–Crippen MR) is 77.7 cm³/mol. The number of esters is 1. The molecule has 1 unspecified atom stereocenters. The van der Waals surface area contributed by atoms with E-state index in [1.54, 1.807) is 0 Å². The SMILES string of the molecule is CCCNC(=O)C(C)OC(=O)c1ccc(S(C)(=O)=O)cc1. The Balaban J connectivity index is 2.70. The van der Waals surface area contributed by atoms with Crippen molar-refractivity contribution in [2.45, 2.75) is 31.3 Å². The first kappa shape index (κ1) is 17.2. The number of ether oxygens (including phenoxy) is 1. The summed E-state index contributed by atoms with van der Waals surface area (Å²) < 4.78 is 27.6. The van der Waals surface area contributed by atoms with Gasteiger partial charge in [-0.15, -0.1) is 0 Å². The minimum atomic E-state index is -3.31. The van der Waals surface area contributed by atoms with Crippen molar-refractivity contribution < 1.29 is 22.7 Å². The van der Waals surface area contributed by atoms with Crippen LogP contribution in [0.2, 0.25) is 0 Å². The van der Waals surface area contributed by atoms with E-state index in [1.165, 1.54) is 31.2 Å². The summed E-state index contributed by atoms with van der Waals surface area (Å²) in [5, 5.41) is 2.62. The van der Waals surface area contributed by atoms with Gasteiger partial charge in [0.2, 0.25) is 0 Å². The van der Waals surface area contributed by atoms with Gasteiger partial charge in [-0.2, -0.15) is 0 Å². The first-order valence-corrected chi connectivity index (χ1v) is 8.43. The van der Waals surface area contributed by atoms with Crippen LogP contribution < -0.4 is 5.32 Å². The quantitative estimate of drug-likeness (QED) is 0.796. The van der Waals surface area contributed by atoms with Gasteiger partial charge in [-0.1, -0.05) is 6.92 Å². The average Bonchev–Trinajstić information content (AvgIpc) is 2.43. The van der Waals surface area contributed by atoms with Crippen molar-refractivity contribution >= 4 is 21.7 Å². The van der Waals surface area contributed by atoms with E-state index in [0.29, 0.717) is 6.54 Å². The maximum Gasteiger partial charge on any atom is 0.338 e. The highest BCUT2D eigenvalue weighted by Gasteiger charge is 2.18. The fourth-order valence-electron chi connectivity index (χ4n) is 1.51. The molecule has 1 rings (SSSR count). The lowest BCUT2D eigenvalue weighted by Gasteiger charge is -2.13. The number of sulfone groups is 1. The number of rotatable bonds is 6. The Kier molecular flexibility index (Phi) is 5.90.